The van der Waals surface area contributed by atoms with Crippen LogP contribution >= 0.6 is 0 Å². The van der Waals surface area contributed by atoms with Gasteiger partial charge in [-0.15, -0.1) is 52.5 Å². The number of hydrogen-bond donors (Lipinski definition) is 0. The van der Waals surface area contributed by atoms with E-state index in [0.29, 0.717) is 6.54 Å². The molecule has 0 amide bonds. The molecule has 3 aromatic heterocycles. The molecule has 0 unspecified atom stereocenters. The Morgan fingerprint density at radius 1 is 0.225 bits per heavy atom. The molecule has 3 rings (SSSR count). The Balaban J connectivity index is -0.000000306. The van der Waals surface area contributed by atoms with Crippen LogP contribution in [0.25, 0.3) is 0 Å². The molecule has 3 heterocycles. The van der Waals surface area contributed by atoms with Crippen LogP contribution in [0.2, 0.25) is 0 Å². The van der Waals surface area contributed by atoms with Gasteiger partial charge in [-0.05, 0) is 262 Å². The predicted octanol–water partition coefficient (Wildman–Crippen LogP) is 33.3. The molecule has 7 heteroatoms. The van der Waals surface area contributed by atoms with E-state index in [4.69, 9.17) is 0 Å². The minimum absolute atomic E-state index is 0.0841. The third-order valence-corrected chi connectivity index (χ3v) is 16.4. The van der Waals surface area contributed by atoms with E-state index in [1.165, 1.54) is 184 Å². The highest BCUT2D eigenvalue weighted by molar-refractivity contribution is 5.13. The van der Waals surface area contributed by atoms with Crippen LogP contribution in [0.4, 0.5) is 0 Å². The fraction of sp³-hybridized carbons (Fsp3) is 0.770. The van der Waals surface area contributed by atoms with Gasteiger partial charge in [0.25, 0.3) is 0 Å². The lowest BCUT2D eigenvalue weighted by atomic mass is 9.97. The van der Waals surface area contributed by atoms with Crippen molar-refractivity contribution < 1.29 is 0 Å². The fourth-order valence-corrected chi connectivity index (χ4v) is 9.85. The first-order chi connectivity index (χ1) is 55.9. The molecule has 7 nitrogen and oxygen atoms in total. The Hall–Kier alpha value is -6.40. The number of nitrogens with zero attached hydrogens (tertiary/aromatic N) is 7. The average molecular weight is 1650 g/mol. The topological polar surface area (TPSA) is 66.3 Å². The zero-order valence-corrected chi connectivity index (χ0v) is 86.7. The molecule has 0 aliphatic heterocycles. The highest BCUT2D eigenvalue weighted by Gasteiger charge is 2.10. The van der Waals surface area contributed by atoms with Gasteiger partial charge in [-0.3, -0.25) is 14.0 Å². The smallest absolute Gasteiger partial charge is 0.102 e. The van der Waals surface area contributed by atoms with Gasteiger partial charge in [-0.2, -0.15) is 10.2 Å². The van der Waals surface area contributed by atoms with Crippen LogP contribution in [-0.4, -0.2) is 34.6 Å². The van der Waals surface area contributed by atoms with Gasteiger partial charge in [0.2, 0.25) is 0 Å². The molecule has 0 aromatic carbocycles. The largest absolute Gasteiger partial charge is 0.272 e. The minimum Gasteiger partial charge on any atom is -0.272 e. The van der Waals surface area contributed by atoms with Crippen LogP contribution in [0.3, 0.4) is 0 Å². The highest BCUT2D eigenvalue weighted by Crippen LogP contribution is 2.18. The molecule has 0 N–H and O–H groups in total. The van der Waals surface area contributed by atoms with Crippen molar-refractivity contribution in [3.05, 3.63) is 47.8 Å². The van der Waals surface area contributed by atoms with Crippen LogP contribution < -0.4 is 0 Å². The normalized spacial score (nSPS) is 10.8. The molecule has 0 spiro atoms. The van der Waals surface area contributed by atoms with E-state index in [0.717, 1.165) is 95.8 Å². The van der Waals surface area contributed by atoms with Gasteiger partial charge in [0.15, 0.2) is 0 Å². The van der Waals surface area contributed by atoms with Gasteiger partial charge in [0.1, 0.15) is 6.54 Å². The summed E-state index contributed by atoms with van der Waals surface area (Å²) in [4.78, 5) is 0. The lowest BCUT2D eigenvalue weighted by molar-refractivity contribution is 0.559. The van der Waals surface area contributed by atoms with Crippen molar-refractivity contribution in [3.8, 4) is 107 Å². The van der Waals surface area contributed by atoms with E-state index in [1.54, 1.807) is 0 Å². The lowest BCUT2D eigenvalue weighted by Crippen LogP contribution is -2.01. The van der Waals surface area contributed by atoms with Gasteiger partial charge >= 0.3 is 0 Å². The second kappa shape index (κ2) is 77.4. The van der Waals surface area contributed by atoms with Crippen molar-refractivity contribution in [3.63, 3.8) is 0 Å². The van der Waals surface area contributed by atoms with E-state index in [1.807, 2.05) is 32.6 Å². The summed E-state index contributed by atoms with van der Waals surface area (Å²) in [6.45, 7) is 80.3. The Labute approximate surface area is 752 Å². The SMILES string of the molecule is CCCCC#CC(C)(C)C.CCCCCC#CC(C)(C)C.CCCCCCC#CC(C)(C)C.CCCCCCCC#CC(C)(C)C.CCCCCCCCC#CC(C)(C)C.CCCCCCCCCC#CC(C)(C)C.CCc1cn(CCCC#CC(C)(C)C)nn1.CCc1cnn(CC#CC(C)(C)C)c1.CCc1cnn(CCC#CC(C)(C)C)c1. The van der Waals surface area contributed by atoms with Crippen LogP contribution in [0.1, 0.15) is 497 Å². The van der Waals surface area contributed by atoms with E-state index < -0.39 is 0 Å². The van der Waals surface area contributed by atoms with E-state index in [2.05, 4.69) is 389 Å². The summed E-state index contributed by atoms with van der Waals surface area (Å²) in [6.07, 6.45) is 58.5. The second-order valence-corrected chi connectivity index (χ2v) is 41.4. The summed E-state index contributed by atoms with van der Waals surface area (Å²) in [6, 6.07) is 0. The zero-order valence-electron chi connectivity index (χ0n) is 86.7. The van der Waals surface area contributed by atoms with Crippen molar-refractivity contribution in [2.24, 2.45) is 48.7 Å². The van der Waals surface area contributed by atoms with Crippen LogP contribution in [0.15, 0.2) is 31.0 Å². The van der Waals surface area contributed by atoms with Gasteiger partial charge in [-0.25, -0.2) is 0 Å². The number of unbranched alkanes of at least 4 members (excludes halogenated alkanes) is 28. The molecule has 0 radical (unpaired) electrons. The van der Waals surface area contributed by atoms with Crippen LogP contribution in [0, 0.1) is 155 Å². The predicted molar refractivity (Wildman–Crippen MR) is 538 cm³/mol. The maximum Gasteiger partial charge on any atom is 0.102 e. The lowest BCUT2D eigenvalue weighted by Gasteiger charge is -2.06. The molecule has 0 aliphatic rings. The third kappa shape index (κ3) is 118. The zero-order chi connectivity index (χ0) is 92.8. The summed E-state index contributed by atoms with van der Waals surface area (Å²) in [5.41, 5.74) is 5.03. The highest BCUT2D eigenvalue weighted by atomic mass is 15.4. The van der Waals surface area contributed by atoms with Gasteiger partial charge in [0, 0.05) is 125 Å². The minimum atomic E-state index is 0.0841. The van der Waals surface area contributed by atoms with Gasteiger partial charge in [0.05, 0.1) is 24.6 Å². The van der Waals surface area contributed by atoms with Gasteiger partial charge < -0.3 is 0 Å². The number of aromatic nitrogens is 7. The average Bonchev–Trinajstić information content (AvgIpc) is 1.79. The molecule has 0 saturated carbocycles. The van der Waals surface area contributed by atoms with Crippen molar-refractivity contribution in [2.45, 2.75) is 519 Å². The summed E-state index contributed by atoms with van der Waals surface area (Å²) < 4.78 is 5.76. The first-order valence-electron chi connectivity index (χ1n) is 48.3. The van der Waals surface area contributed by atoms with E-state index >= 15 is 0 Å². The molecular weight excluding hydrogens is 1460 g/mol. The summed E-state index contributed by atoms with van der Waals surface area (Å²) in [5, 5.41) is 16.6. The molecule has 0 aliphatic carbocycles. The molecule has 0 fully saturated rings. The maximum atomic E-state index is 4.27. The first-order valence-corrected chi connectivity index (χ1v) is 48.3. The molecular formula is C113H197N7. The summed E-state index contributed by atoms with van der Waals surface area (Å²) >= 11 is 0. The number of hydrogen-bond acceptors (Lipinski definition) is 4. The Bertz CT molecular complexity index is 3470. The summed E-state index contributed by atoms with van der Waals surface area (Å²) in [5.74, 6) is 58.1. The van der Waals surface area contributed by atoms with Crippen LogP contribution in [-0.2, 0) is 38.9 Å². The molecule has 0 atom stereocenters. The second-order valence-electron chi connectivity index (χ2n) is 41.4. The Morgan fingerprint density at radius 2 is 0.458 bits per heavy atom. The maximum absolute atomic E-state index is 4.27. The van der Waals surface area contributed by atoms with Crippen molar-refractivity contribution in [2.75, 3.05) is 0 Å². The quantitative estimate of drug-likeness (QED) is 0.0430. The van der Waals surface area contributed by atoms with E-state index in [-0.39, 0.29) is 48.7 Å². The fourth-order valence-electron chi connectivity index (χ4n) is 9.85. The third-order valence-electron chi connectivity index (χ3n) is 16.4. The molecule has 684 valence electrons. The van der Waals surface area contributed by atoms with Crippen molar-refractivity contribution in [1.29, 1.82) is 0 Å². The first kappa shape index (κ1) is 124. The molecule has 3 aromatic rings. The standard InChI is InChI=1S/C15H28.C14H26.C13H21N3.C13H20N2.C13H24.C12H18N2.C12H22.C11H20.C10H18/c1-5-6-7-8-9-10-11-12-13-14-15(2,3)4;1-5-6-7-8-9-10-11-12-13-14(2,3)4;1-5-12-11-16(15-14-12)10-8-6-7-9-13(2,3)4;1-5-12-10-14-15(11-12)9-7-6-8-13(2,3)4;1-5-6-7-8-9-10-11-12-13(2,3)4;1-5-11-9-13-14(10-11)8-6-7-12(2,3)4;1-5-6-7-8-9-10-11-12(2,3)4;1-5-6-7-8-9-10-11(2,3)4;1-5-6-7-8-9-10(2,3)4/h5-12H2,1-4H3;5-11H2,1-4H3;11H,5-6,8,10H2,1-4H3;10-11H,5,7,9H2,1-4H3;5-10H2,1-4H3;9-10H,5,8H2,1-4H3;5-9H2,1-4H3;5-8H2,1-4H3;5-7H2,1-4H3. The van der Waals surface area contributed by atoms with E-state index in [9.17, 15) is 0 Å². The van der Waals surface area contributed by atoms with Crippen LogP contribution in [0.5, 0.6) is 0 Å². The Morgan fingerprint density at radius 3 is 0.733 bits per heavy atom. The van der Waals surface area contributed by atoms with Gasteiger partial charge in [-0.1, -0.05) is 262 Å². The molecule has 120 heavy (non-hydrogen) atoms. The number of aryl methyl sites for hydroxylation is 5. The molecule has 0 saturated heterocycles. The monoisotopic (exact) mass is 1650 g/mol. The van der Waals surface area contributed by atoms with Crippen molar-refractivity contribution in [1.82, 2.24) is 34.6 Å². The molecule has 0 bridgehead atoms. The van der Waals surface area contributed by atoms with Crippen molar-refractivity contribution >= 4 is 0 Å². The summed E-state index contributed by atoms with van der Waals surface area (Å²) in [7, 11) is 0. The Kier molecular flexibility index (Phi) is 80.2. The number of rotatable bonds is 36.